The summed E-state index contributed by atoms with van der Waals surface area (Å²) in [7, 11) is -3.35. The molecular formula is C18H23NO3S. The lowest BCUT2D eigenvalue weighted by atomic mass is 10.0. The molecule has 0 saturated heterocycles. The predicted molar refractivity (Wildman–Crippen MR) is 93.1 cm³/mol. The van der Waals surface area contributed by atoms with Crippen molar-refractivity contribution in [3.8, 4) is 5.75 Å². The number of para-hydroxylation sites is 1. The second-order valence-corrected chi connectivity index (χ2v) is 7.49. The number of benzene rings is 2. The molecule has 2 rings (SSSR count). The minimum absolute atomic E-state index is 0.0174. The summed E-state index contributed by atoms with van der Waals surface area (Å²) in [5.74, 6) is 1.15. The van der Waals surface area contributed by atoms with E-state index < -0.39 is 10.0 Å². The lowest BCUT2D eigenvalue weighted by Crippen LogP contribution is -2.29. The summed E-state index contributed by atoms with van der Waals surface area (Å²) in [6.45, 7) is 4.76. The van der Waals surface area contributed by atoms with Gasteiger partial charge in [-0.1, -0.05) is 62.4 Å². The summed E-state index contributed by atoms with van der Waals surface area (Å²) >= 11 is 0. The summed E-state index contributed by atoms with van der Waals surface area (Å²) in [4.78, 5) is 0. The average Bonchev–Trinajstić information content (AvgIpc) is 2.52. The third-order valence-corrected chi connectivity index (χ3v) is 4.78. The Morgan fingerprint density at radius 1 is 1.00 bits per heavy atom. The Kier molecular flexibility index (Phi) is 6.19. The van der Waals surface area contributed by atoms with Crippen LogP contribution in [0.1, 0.15) is 30.9 Å². The Balaban J connectivity index is 1.83. The Hall–Kier alpha value is -1.85. The zero-order valence-corrected chi connectivity index (χ0v) is 14.3. The minimum atomic E-state index is -3.35. The lowest BCUT2D eigenvalue weighted by Gasteiger charge is -2.14. The first-order valence-electron chi connectivity index (χ1n) is 7.71. The van der Waals surface area contributed by atoms with Gasteiger partial charge >= 0.3 is 0 Å². The summed E-state index contributed by atoms with van der Waals surface area (Å²) in [6, 6.07) is 17.0. The highest BCUT2D eigenvalue weighted by molar-refractivity contribution is 7.88. The first-order valence-corrected chi connectivity index (χ1v) is 9.36. The van der Waals surface area contributed by atoms with Crippen LogP contribution in [0.2, 0.25) is 0 Å². The van der Waals surface area contributed by atoms with Gasteiger partial charge in [0.05, 0.1) is 5.75 Å². The van der Waals surface area contributed by atoms with Crippen LogP contribution in [0.15, 0.2) is 54.6 Å². The van der Waals surface area contributed by atoms with Crippen molar-refractivity contribution in [1.82, 2.24) is 4.72 Å². The van der Waals surface area contributed by atoms with E-state index in [9.17, 15) is 8.42 Å². The summed E-state index contributed by atoms with van der Waals surface area (Å²) in [6.07, 6.45) is 0. The molecular weight excluding hydrogens is 310 g/mol. The van der Waals surface area contributed by atoms with Gasteiger partial charge in [-0.25, -0.2) is 13.1 Å². The maximum Gasteiger partial charge on any atom is 0.215 e. The summed E-state index contributed by atoms with van der Waals surface area (Å²) in [5, 5.41) is 0. The van der Waals surface area contributed by atoms with Crippen LogP contribution in [0, 0.1) is 0 Å². The smallest absolute Gasteiger partial charge is 0.215 e. The standard InChI is InChI=1S/C18H23NO3S/c1-15(2)17-10-6-7-11-18(17)22-13-12-19-23(20,21)14-16-8-4-3-5-9-16/h3-11,15,19H,12-14H2,1-2H3. The van der Waals surface area contributed by atoms with E-state index in [1.165, 1.54) is 0 Å². The maximum atomic E-state index is 12.0. The van der Waals surface area contributed by atoms with E-state index in [1.54, 1.807) is 12.1 Å². The number of nitrogens with one attached hydrogen (secondary N) is 1. The number of hydrogen-bond donors (Lipinski definition) is 1. The maximum absolute atomic E-state index is 12.0. The van der Waals surface area contributed by atoms with E-state index in [-0.39, 0.29) is 12.3 Å². The number of rotatable bonds is 8. The number of ether oxygens (including phenoxy) is 1. The van der Waals surface area contributed by atoms with Gasteiger partial charge in [0.1, 0.15) is 12.4 Å². The average molecular weight is 333 g/mol. The molecule has 0 radical (unpaired) electrons. The van der Waals surface area contributed by atoms with E-state index in [0.29, 0.717) is 12.5 Å². The van der Waals surface area contributed by atoms with Gasteiger partial charge in [0.25, 0.3) is 0 Å². The summed E-state index contributed by atoms with van der Waals surface area (Å²) < 4.78 is 32.3. The van der Waals surface area contributed by atoms with Crippen molar-refractivity contribution in [1.29, 1.82) is 0 Å². The van der Waals surface area contributed by atoms with Gasteiger partial charge in [0.15, 0.2) is 0 Å². The fraction of sp³-hybridized carbons (Fsp3) is 0.333. The molecule has 5 heteroatoms. The number of sulfonamides is 1. The second-order valence-electron chi connectivity index (χ2n) is 5.68. The Labute approximate surface area is 138 Å². The van der Waals surface area contributed by atoms with Crippen LogP contribution in [0.25, 0.3) is 0 Å². The molecule has 2 aromatic rings. The predicted octanol–water partition coefficient (Wildman–Crippen LogP) is 3.31. The molecule has 2 aromatic carbocycles. The van der Waals surface area contributed by atoms with Crippen LogP contribution in [0.5, 0.6) is 5.75 Å². The minimum Gasteiger partial charge on any atom is -0.492 e. The van der Waals surface area contributed by atoms with Crippen molar-refractivity contribution in [2.24, 2.45) is 0 Å². The molecule has 0 atom stereocenters. The largest absolute Gasteiger partial charge is 0.492 e. The zero-order chi connectivity index (χ0) is 16.7. The van der Waals surface area contributed by atoms with Crippen LogP contribution in [-0.4, -0.2) is 21.6 Å². The third kappa shape index (κ3) is 5.69. The molecule has 0 aliphatic carbocycles. The van der Waals surface area contributed by atoms with Gasteiger partial charge in [-0.3, -0.25) is 0 Å². The first kappa shape index (κ1) is 17.5. The molecule has 4 nitrogen and oxygen atoms in total. The molecule has 0 fully saturated rings. The van der Waals surface area contributed by atoms with E-state index in [4.69, 9.17) is 4.74 Å². The van der Waals surface area contributed by atoms with Crippen molar-refractivity contribution >= 4 is 10.0 Å². The van der Waals surface area contributed by atoms with Crippen LogP contribution in [0.4, 0.5) is 0 Å². The van der Waals surface area contributed by atoms with Gasteiger partial charge < -0.3 is 4.74 Å². The van der Waals surface area contributed by atoms with Crippen LogP contribution in [-0.2, 0) is 15.8 Å². The first-order chi connectivity index (χ1) is 11.0. The van der Waals surface area contributed by atoms with Crippen LogP contribution < -0.4 is 9.46 Å². The van der Waals surface area contributed by atoms with Gasteiger partial charge in [-0.05, 0) is 23.1 Å². The molecule has 0 aliphatic heterocycles. The van der Waals surface area contributed by atoms with E-state index in [0.717, 1.165) is 16.9 Å². The molecule has 0 unspecified atom stereocenters. The molecule has 124 valence electrons. The van der Waals surface area contributed by atoms with E-state index in [2.05, 4.69) is 18.6 Å². The van der Waals surface area contributed by atoms with Gasteiger partial charge in [-0.2, -0.15) is 0 Å². The molecule has 0 bridgehead atoms. The molecule has 0 saturated carbocycles. The monoisotopic (exact) mass is 333 g/mol. The van der Waals surface area contributed by atoms with Gasteiger partial charge in [0.2, 0.25) is 10.0 Å². The quantitative estimate of drug-likeness (QED) is 0.754. The topological polar surface area (TPSA) is 55.4 Å². The second kappa shape index (κ2) is 8.13. The third-order valence-electron chi connectivity index (χ3n) is 3.42. The molecule has 23 heavy (non-hydrogen) atoms. The normalized spacial score (nSPS) is 11.6. The van der Waals surface area contributed by atoms with Crippen LogP contribution >= 0.6 is 0 Å². The molecule has 0 aromatic heterocycles. The SMILES string of the molecule is CC(C)c1ccccc1OCCNS(=O)(=O)Cc1ccccc1. The Morgan fingerprint density at radius 2 is 1.65 bits per heavy atom. The Bertz CT molecular complexity index is 712. The van der Waals surface area contributed by atoms with Crippen molar-refractivity contribution < 1.29 is 13.2 Å². The van der Waals surface area contributed by atoms with Crippen LogP contribution in [0.3, 0.4) is 0 Å². The highest BCUT2D eigenvalue weighted by atomic mass is 32.2. The zero-order valence-electron chi connectivity index (χ0n) is 13.5. The number of hydrogen-bond acceptors (Lipinski definition) is 3. The summed E-state index contributed by atoms with van der Waals surface area (Å²) in [5.41, 5.74) is 1.89. The molecule has 0 aliphatic rings. The molecule has 0 amide bonds. The van der Waals surface area contributed by atoms with Gasteiger partial charge in [-0.15, -0.1) is 0 Å². The highest BCUT2D eigenvalue weighted by Crippen LogP contribution is 2.25. The van der Waals surface area contributed by atoms with E-state index >= 15 is 0 Å². The molecule has 1 N–H and O–H groups in total. The highest BCUT2D eigenvalue weighted by Gasteiger charge is 2.11. The van der Waals surface area contributed by atoms with Crippen molar-refractivity contribution in [2.75, 3.05) is 13.2 Å². The molecule has 0 spiro atoms. The molecule has 0 heterocycles. The Morgan fingerprint density at radius 3 is 2.35 bits per heavy atom. The fourth-order valence-electron chi connectivity index (χ4n) is 2.29. The fourth-order valence-corrected chi connectivity index (χ4v) is 3.42. The lowest BCUT2D eigenvalue weighted by molar-refractivity contribution is 0.318. The van der Waals surface area contributed by atoms with E-state index in [1.807, 2.05) is 42.5 Å². The van der Waals surface area contributed by atoms with Crippen molar-refractivity contribution in [3.05, 3.63) is 65.7 Å². The van der Waals surface area contributed by atoms with Crippen molar-refractivity contribution in [2.45, 2.75) is 25.5 Å². The van der Waals surface area contributed by atoms with Crippen molar-refractivity contribution in [3.63, 3.8) is 0 Å². The van der Waals surface area contributed by atoms with Gasteiger partial charge in [0, 0.05) is 6.54 Å².